The van der Waals surface area contributed by atoms with Crippen molar-refractivity contribution in [3.63, 3.8) is 0 Å². The number of nitrogens with zero attached hydrogens (tertiary/aromatic N) is 5. The molecule has 0 atom stereocenters. The van der Waals surface area contributed by atoms with Crippen molar-refractivity contribution in [3.05, 3.63) is 30.5 Å². The fraction of sp³-hybridized carbons (Fsp3) is 0.533. The summed E-state index contributed by atoms with van der Waals surface area (Å²) in [7, 11) is 2.18. The van der Waals surface area contributed by atoms with Crippen LogP contribution in [0.3, 0.4) is 0 Å². The Balaban J connectivity index is 1.82. The van der Waals surface area contributed by atoms with Crippen molar-refractivity contribution in [3.8, 4) is 11.3 Å². The van der Waals surface area contributed by atoms with Gasteiger partial charge in [-0.15, -0.1) is 0 Å². The molecule has 1 aliphatic rings. The van der Waals surface area contributed by atoms with E-state index >= 15 is 0 Å². The van der Waals surface area contributed by atoms with Gasteiger partial charge in [0.2, 0.25) is 0 Å². The van der Waals surface area contributed by atoms with Crippen LogP contribution in [0.2, 0.25) is 0 Å². The second-order valence-corrected chi connectivity index (χ2v) is 5.49. The molecule has 5 heteroatoms. The van der Waals surface area contributed by atoms with Gasteiger partial charge in [0.1, 0.15) is 0 Å². The van der Waals surface area contributed by atoms with Gasteiger partial charge in [0, 0.05) is 30.4 Å². The van der Waals surface area contributed by atoms with Gasteiger partial charge in [0.25, 0.3) is 0 Å². The van der Waals surface area contributed by atoms with Gasteiger partial charge in [-0.3, -0.25) is 9.67 Å². The van der Waals surface area contributed by atoms with Crippen LogP contribution >= 0.6 is 0 Å². The first-order valence-corrected chi connectivity index (χ1v) is 7.29. The van der Waals surface area contributed by atoms with E-state index in [9.17, 15) is 0 Å². The van der Waals surface area contributed by atoms with Crippen LogP contribution in [0, 0.1) is 0 Å². The first-order chi connectivity index (χ1) is 9.76. The van der Waals surface area contributed by atoms with E-state index in [0.29, 0.717) is 5.92 Å². The summed E-state index contributed by atoms with van der Waals surface area (Å²) in [5, 5.41) is 4.31. The predicted molar refractivity (Wildman–Crippen MR) is 78.4 cm³/mol. The van der Waals surface area contributed by atoms with Crippen LogP contribution in [0.1, 0.15) is 31.4 Å². The molecule has 0 aliphatic carbocycles. The molecule has 0 saturated carbocycles. The maximum absolute atomic E-state index is 4.80. The first-order valence-electron chi connectivity index (χ1n) is 7.29. The van der Waals surface area contributed by atoms with Crippen molar-refractivity contribution >= 4 is 0 Å². The van der Waals surface area contributed by atoms with E-state index in [1.54, 1.807) is 0 Å². The van der Waals surface area contributed by atoms with Crippen LogP contribution < -0.4 is 0 Å². The average Bonchev–Trinajstić information content (AvgIpc) is 2.97. The molecule has 106 valence electrons. The van der Waals surface area contributed by atoms with Crippen molar-refractivity contribution in [1.29, 1.82) is 0 Å². The highest BCUT2D eigenvalue weighted by molar-refractivity contribution is 5.55. The van der Waals surface area contributed by atoms with Gasteiger partial charge >= 0.3 is 0 Å². The molecule has 0 spiro atoms. The lowest BCUT2D eigenvalue weighted by Crippen LogP contribution is -2.29. The van der Waals surface area contributed by atoms with Crippen LogP contribution in [0.15, 0.2) is 24.8 Å². The molecule has 5 nitrogen and oxygen atoms in total. The van der Waals surface area contributed by atoms with Gasteiger partial charge in [-0.05, 0) is 39.9 Å². The molecule has 20 heavy (non-hydrogen) atoms. The van der Waals surface area contributed by atoms with Crippen molar-refractivity contribution < 1.29 is 0 Å². The molecular formula is C15H21N5. The smallest absolute Gasteiger partial charge is 0.0920 e. The maximum atomic E-state index is 4.80. The molecule has 0 amide bonds. The molecule has 0 N–H and O–H groups in total. The summed E-state index contributed by atoms with van der Waals surface area (Å²) in [6, 6.07) is 0. The summed E-state index contributed by atoms with van der Waals surface area (Å²) in [6.45, 7) is 5.24. The normalized spacial score (nSPS) is 17.5. The number of likely N-dealkylation sites (tertiary alicyclic amines) is 1. The summed E-state index contributed by atoms with van der Waals surface area (Å²) < 4.78 is 1.92. The molecule has 0 bridgehead atoms. The van der Waals surface area contributed by atoms with Gasteiger partial charge in [-0.25, -0.2) is 4.98 Å². The lowest BCUT2D eigenvalue weighted by atomic mass is 9.94. The Hall–Kier alpha value is -1.75. The fourth-order valence-corrected chi connectivity index (χ4v) is 2.69. The van der Waals surface area contributed by atoms with Crippen molar-refractivity contribution in [1.82, 2.24) is 24.6 Å². The molecule has 3 heterocycles. The minimum Gasteiger partial charge on any atom is -0.306 e. The zero-order valence-corrected chi connectivity index (χ0v) is 12.2. The van der Waals surface area contributed by atoms with E-state index in [1.807, 2.05) is 29.5 Å². The van der Waals surface area contributed by atoms with Crippen LogP contribution in [-0.4, -0.2) is 44.8 Å². The van der Waals surface area contributed by atoms with E-state index in [-0.39, 0.29) is 0 Å². The molecule has 0 unspecified atom stereocenters. The van der Waals surface area contributed by atoms with Crippen molar-refractivity contribution in [2.24, 2.45) is 0 Å². The lowest BCUT2D eigenvalue weighted by molar-refractivity contribution is 0.253. The Morgan fingerprint density at radius 2 is 2.00 bits per heavy atom. The van der Waals surface area contributed by atoms with E-state index in [4.69, 9.17) is 4.98 Å². The molecule has 0 radical (unpaired) electrons. The monoisotopic (exact) mass is 271 g/mol. The predicted octanol–water partition coefficient (Wildman–Crippen LogP) is 2.17. The van der Waals surface area contributed by atoms with Gasteiger partial charge in [-0.2, -0.15) is 5.10 Å². The standard InChI is InChI=1S/C15H21N5/c1-3-20-11-13(8-17-20)15-10-16-9-14(18-15)12-4-6-19(2)7-5-12/h8-12H,3-7H2,1-2H3. The highest BCUT2D eigenvalue weighted by Gasteiger charge is 2.20. The zero-order valence-electron chi connectivity index (χ0n) is 12.2. The Morgan fingerprint density at radius 1 is 1.20 bits per heavy atom. The Bertz CT molecular complexity index is 569. The van der Waals surface area contributed by atoms with Gasteiger partial charge < -0.3 is 4.90 Å². The van der Waals surface area contributed by atoms with Crippen LogP contribution in [0.5, 0.6) is 0 Å². The second-order valence-electron chi connectivity index (χ2n) is 5.49. The number of aromatic nitrogens is 4. The molecule has 0 aromatic carbocycles. The molecular weight excluding hydrogens is 250 g/mol. The number of hydrogen-bond donors (Lipinski definition) is 0. The maximum Gasteiger partial charge on any atom is 0.0920 e. The third-order valence-electron chi connectivity index (χ3n) is 4.04. The van der Waals surface area contributed by atoms with E-state index in [1.165, 1.54) is 12.8 Å². The first kappa shape index (κ1) is 13.2. The topological polar surface area (TPSA) is 46.8 Å². The highest BCUT2D eigenvalue weighted by atomic mass is 15.3. The van der Waals surface area contributed by atoms with Crippen LogP contribution in [-0.2, 0) is 6.54 Å². The molecule has 2 aromatic rings. The average molecular weight is 271 g/mol. The van der Waals surface area contributed by atoms with Gasteiger partial charge in [0.05, 0.1) is 23.8 Å². The SMILES string of the molecule is CCn1cc(-c2cncc(C3CCN(C)CC3)n2)cn1. The summed E-state index contributed by atoms with van der Waals surface area (Å²) in [4.78, 5) is 11.6. The van der Waals surface area contributed by atoms with E-state index in [0.717, 1.165) is 36.6 Å². The zero-order chi connectivity index (χ0) is 13.9. The van der Waals surface area contributed by atoms with Crippen LogP contribution in [0.25, 0.3) is 11.3 Å². The Labute approximate surface area is 119 Å². The minimum absolute atomic E-state index is 0.542. The fourth-order valence-electron chi connectivity index (χ4n) is 2.69. The lowest BCUT2D eigenvalue weighted by Gasteiger charge is -2.28. The van der Waals surface area contributed by atoms with Crippen molar-refractivity contribution in [2.75, 3.05) is 20.1 Å². The van der Waals surface area contributed by atoms with E-state index in [2.05, 4.69) is 29.0 Å². The highest BCUT2D eigenvalue weighted by Crippen LogP contribution is 2.27. The third kappa shape index (κ3) is 2.72. The molecule has 1 saturated heterocycles. The van der Waals surface area contributed by atoms with Crippen LogP contribution in [0.4, 0.5) is 0 Å². The summed E-state index contributed by atoms with van der Waals surface area (Å²) in [6.07, 6.45) is 9.99. The number of rotatable bonds is 3. The second kappa shape index (κ2) is 5.71. The van der Waals surface area contributed by atoms with Gasteiger partial charge in [-0.1, -0.05) is 0 Å². The molecule has 3 rings (SSSR count). The Morgan fingerprint density at radius 3 is 2.70 bits per heavy atom. The number of hydrogen-bond acceptors (Lipinski definition) is 4. The summed E-state index contributed by atoms with van der Waals surface area (Å²) in [5.74, 6) is 0.542. The van der Waals surface area contributed by atoms with Crippen molar-refractivity contribution in [2.45, 2.75) is 32.2 Å². The summed E-state index contributed by atoms with van der Waals surface area (Å²) >= 11 is 0. The largest absolute Gasteiger partial charge is 0.306 e. The van der Waals surface area contributed by atoms with Gasteiger partial charge in [0.15, 0.2) is 0 Å². The molecule has 1 aliphatic heterocycles. The summed E-state index contributed by atoms with van der Waals surface area (Å²) in [5.41, 5.74) is 3.11. The Kier molecular flexibility index (Phi) is 3.78. The number of piperidine rings is 1. The minimum atomic E-state index is 0.542. The third-order valence-corrected chi connectivity index (χ3v) is 4.04. The molecule has 2 aromatic heterocycles. The van der Waals surface area contributed by atoms with E-state index < -0.39 is 0 Å². The molecule has 1 fully saturated rings. The quantitative estimate of drug-likeness (QED) is 0.858. The number of aryl methyl sites for hydroxylation is 1.